The summed E-state index contributed by atoms with van der Waals surface area (Å²) in [5, 5.41) is 10.7. The second-order valence-electron chi connectivity index (χ2n) is 4.82. The monoisotopic (exact) mass is 260 g/mol. The number of hydrogen-bond acceptors (Lipinski definition) is 2. The van der Waals surface area contributed by atoms with Crippen molar-refractivity contribution < 1.29 is 14.2 Å². The molecule has 2 rings (SSSR count). The Morgan fingerprint density at radius 3 is 2.21 bits per heavy atom. The Hall–Kier alpha value is -1.87. The SMILES string of the molecule is COc1ccc(C(C)(O)c2cc(C)cc(F)c2)cc1. The molecule has 1 unspecified atom stereocenters. The maximum Gasteiger partial charge on any atom is 0.123 e. The van der Waals surface area contributed by atoms with Crippen LogP contribution in [-0.2, 0) is 5.60 Å². The summed E-state index contributed by atoms with van der Waals surface area (Å²) in [5.74, 6) is 0.374. The van der Waals surface area contributed by atoms with E-state index in [0.717, 1.165) is 11.3 Å². The minimum atomic E-state index is -1.24. The Balaban J connectivity index is 2.44. The molecule has 0 aliphatic carbocycles. The Bertz CT molecular complexity index is 554. The van der Waals surface area contributed by atoms with E-state index in [0.29, 0.717) is 11.1 Å². The van der Waals surface area contributed by atoms with Crippen LogP contribution in [-0.4, -0.2) is 12.2 Å². The first-order valence-electron chi connectivity index (χ1n) is 6.08. The number of hydrogen-bond donors (Lipinski definition) is 1. The summed E-state index contributed by atoms with van der Waals surface area (Å²) in [6, 6.07) is 11.7. The summed E-state index contributed by atoms with van der Waals surface area (Å²) in [4.78, 5) is 0. The fraction of sp³-hybridized carbons (Fsp3) is 0.250. The normalized spacial score (nSPS) is 13.9. The molecule has 2 aromatic rings. The predicted molar refractivity (Wildman–Crippen MR) is 72.8 cm³/mol. The van der Waals surface area contributed by atoms with E-state index in [-0.39, 0.29) is 5.82 Å². The zero-order chi connectivity index (χ0) is 14.0. The van der Waals surface area contributed by atoms with Crippen molar-refractivity contribution in [3.63, 3.8) is 0 Å². The molecule has 0 heterocycles. The highest BCUT2D eigenvalue weighted by molar-refractivity contribution is 5.39. The molecule has 0 spiro atoms. The van der Waals surface area contributed by atoms with Gasteiger partial charge < -0.3 is 9.84 Å². The summed E-state index contributed by atoms with van der Waals surface area (Å²) in [6.45, 7) is 3.46. The van der Waals surface area contributed by atoms with Gasteiger partial charge in [-0.1, -0.05) is 18.2 Å². The Labute approximate surface area is 112 Å². The third-order valence-corrected chi connectivity index (χ3v) is 3.26. The molecule has 1 atom stereocenters. The molecule has 2 nitrogen and oxygen atoms in total. The molecule has 0 fully saturated rings. The quantitative estimate of drug-likeness (QED) is 0.916. The second-order valence-corrected chi connectivity index (χ2v) is 4.82. The van der Waals surface area contributed by atoms with Gasteiger partial charge in [0.25, 0.3) is 0 Å². The maximum absolute atomic E-state index is 13.5. The van der Waals surface area contributed by atoms with Gasteiger partial charge in [-0.25, -0.2) is 4.39 Å². The molecular weight excluding hydrogens is 243 g/mol. The second kappa shape index (κ2) is 5.02. The zero-order valence-electron chi connectivity index (χ0n) is 11.3. The fourth-order valence-corrected chi connectivity index (χ4v) is 2.10. The van der Waals surface area contributed by atoms with Crippen LogP contribution in [0.5, 0.6) is 5.75 Å². The molecule has 0 bridgehead atoms. The van der Waals surface area contributed by atoms with E-state index in [1.807, 2.05) is 0 Å². The molecule has 3 heteroatoms. The average molecular weight is 260 g/mol. The van der Waals surface area contributed by atoms with Crippen molar-refractivity contribution in [2.75, 3.05) is 7.11 Å². The molecule has 0 aromatic heterocycles. The summed E-state index contributed by atoms with van der Waals surface area (Å²) in [7, 11) is 1.59. The first-order valence-corrected chi connectivity index (χ1v) is 6.08. The number of methoxy groups -OCH3 is 1. The van der Waals surface area contributed by atoms with E-state index in [1.54, 1.807) is 51.3 Å². The lowest BCUT2D eigenvalue weighted by Gasteiger charge is -2.25. The Morgan fingerprint density at radius 2 is 1.68 bits per heavy atom. The molecule has 1 N–H and O–H groups in total. The number of halogens is 1. The van der Waals surface area contributed by atoms with Crippen LogP contribution in [0.15, 0.2) is 42.5 Å². The number of benzene rings is 2. The molecule has 0 saturated carbocycles. The van der Waals surface area contributed by atoms with Crippen molar-refractivity contribution in [1.82, 2.24) is 0 Å². The van der Waals surface area contributed by atoms with Gasteiger partial charge in [0.15, 0.2) is 0 Å². The Kier molecular flexibility index (Phi) is 3.58. The molecule has 0 saturated heterocycles. The van der Waals surface area contributed by atoms with E-state index < -0.39 is 5.60 Å². The molecule has 2 aromatic carbocycles. The minimum Gasteiger partial charge on any atom is -0.497 e. The van der Waals surface area contributed by atoms with Crippen LogP contribution < -0.4 is 4.74 Å². The summed E-state index contributed by atoms with van der Waals surface area (Å²) in [5.41, 5.74) is 0.774. The largest absolute Gasteiger partial charge is 0.497 e. The number of aliphatic hydroxyl groups is 1. The maximum atomic E-state index is 13.5. The van der Waals surface area contributed by atoms with E-state index in [1.165, 1.54) is 12.1 Å². The number of rotatable bonds is 3. The van der Waals surface area contributed by atoms with Crippen molar-refractivity contribution in [2.45, 2.75) is 19.4 Å². The van der Waals surface area contributed by atoms with E-state index in [9.17, 15) is 9.50 Å². The molecule has 0 radical (unpaired) electrons. The lowest BCUT2D eigenvalue weighted by atomic mass is 9.87. The van der Waals surface area contributed by atoms with Crippen LogP contribution in [0.3, 0.4) is 0 Å². The van der Waals surface area contributed by atoms with E-state index in [2.05, 4.69) is 0 Å². The van der Waals surface area contributed by atoms with Gasteiger partial charge in [0.2, 0.25) is 0 Å². The van der Waals surface area contributed by atoms with Crippen LogP contribution >= 0.6 is 0 Å². The van der Waals surface area contributed by atoms with E-state index >= 15 is 0 Å². The van der Waals surface area contributed by atoms with Crippen LogP contribution in [0.4, 0.5) is 4.39 Å². The third kappa shape index (κ3) is 2.76. The third-order valence-electron chi connectivity index (χ3n) is 3.26. The van der Waals surface area contributed by atoms with Crippen molar-refractivity contribution in [3.05, 3.63) is 65.0 Å². The predicted octanol–water partition coefficient (Wildman–Crippen LogP) is 3.40. The van der Waals surface area contributed by atoms with Crippen LogP contribution in [0, 0.1) is 12.7 Å². The van der Waals surface area contributed by atoms with Crippen LogP contribution in [0.1, 0.15) is 23.6 Å². The first-order chi connectivity index (χ1) is 8.93. The highest BCUT2D eigenvalue weighted by Gasteiger charge is 2.26. The van der Waals surface area contributed by atoms with Gasteiger partial charge in [-0.05, 0) is 54.8 Å². The van der Waals surface area contributed by atoms with Gasteiger partial charge in [0, 0.05) is 0 Å². The standard InChI is InChI=1S/C16H17FO2/c1-11-8-13(10-14(17)9-11)16(2,18)12-4-6-15(19-3)7-5-12/h4-10,18H,1-3H3. The average Bonchev–Trinajstić information content (AvgIpc) is 2.37. The number of aryl methyl sites for hydroxylation is 1. The summed E-state index contributed by atoms with van der Waals surface area (Å²) >= 11 is 0. The van der Waals surface area contributed by atoms with Crippen LogP contribution in [0.2, 0.25) is 0 Å². The smallest absolute Gasteiger partial charge is 0.123 e. The molecular formula is C16H17FO2. The van der Waals surface area contributed by atoms with Gasteiger partial charge in [-0.2, -0.15) is 0 Å². The lowest BCUT2D eigenvalue weighted by Crippen LogP contribution is -2.23. The molecule has 0 aliphatic heterocycles. The Morgan fingerprint density at radius 1 is 1.05 bits per heavy atom. The van der Waals surface area contributed by atoms with Gasteiger partial charge in [0.05, 0.1) is 7.11 Å². The molecule has 100 valence electrons. The van der Waals surface area contributed by atoms with Crippen LogP contribution in [0.25, 0.3) is 0 Å². The number of ether oxygens (including phenoxy) is 1. The van der Waals surface area contributed by atoms with Gasteiger partial charge in [-0.15, -0.1) is 0 Å². The zero-order valence-corrected chi connectivity index (χ0v) is 11.3. The summed E-state index contributed by atoms with van der Waals surface area (Å²) < 4.78 is 18.5. The summed E-state index contributed by atoms with van der Waals surface area (Å²) in [6.07, 6.45) is 0. The van der Waals surface area contributed by atoms with Gasteiger partial charge in [-0.3, -0.25) is 0 Å². The van der Waals surface area contributed by atoms with Gasteiger partial charge in [0.1, 0.15) is 17.2 Å². The highest BCUT2D eigenvalue weighted by atomic mass is 19.1. The van der Waals surface area contributed by atoms with Crippen molar-refractivity contribution in [1.29, 1.82) is 0 Å². The first kappa shape index (κ1) is 13.6. The van der Waals surface area contributed by atoms with Crippen molar-refractivity contribution in [2.24, 2.45) is 0 Å². The van der Waals surface area contributed by atoms with Crippen molar-refractivity contribution in [3.8, 4) is 5.75 Å². The lowest BCUT2D eigenvalue weighted by molar-refractivity contribution is 0.102. The molecule has 19 heavy (non-hydrogen) atoms. The topological polar surface area (TPSA) is 29.5 Å². The highest BCUT2D eigenvalue weighted by Crippen LogP contribution is 2.31. The van der Waals surface area contributed by atoms with Gasteiger partial charge >= 0.3 is 0 Å². The minimum absolute atomic E-state index is 0.344. The van der Waals surface area contributed by atoms with Crippen molar-refractivity contribution >= 4 is 0 Å². The fourth-order valence-electron chi connectivity index (χ4n) is 2.10. The molecule has 0 amide bonds. The molecule has 0 aliphatic rings. The van der Waals surface area contributed by atoms with E-state index in [4.69, 9.17) is 4.74 Å².